The van der Waals surface area contributed by atoms with Gasteiger partial charge in [-0.15, -0.1) is 0 Å². The monoisotopic (exact) mass is 262 g/mol. The number of hydrogen-bond acceptors (Lipinski definition) is 3. The molecule has 3 nitrogen and oxygen atoms in total. The summed E-state index contributed by atoms with van der Waals surface area (Å²) in [5, 5.41) is 10.2. The molecular weight excluding hydrogens is 251 g/mol. The van der Waals surface area contributed by atoms with Crippen LogP contribution in [0.25, 0.3) is 0 Å². The van der Waals surface area contributed by atoms with E-state index in [9.17, 15) is 5.11 Å². The van der Waals surface area contributed by atoms with Crippen LogP contribution in [0.4, 0.5) is 0 Å². The molecule has 0 aliphatic carbocycles. The van der Waals surface area contributed by atoms with Gasteiger partial charge in [0, 0.05) is 6.07 Å². The molecule has 1 N–H and O–H groups in total. The number of rotatable bonds is 4. The van der Waals surface area contributed by atoms with Gasteiger partial charge in [0.1, 0.15) is 12.4 Å². The molecule has 1 fully saturated rings. The molecule has 2 rings (SSSR count). The molecule has 88 valence electrons. The molecule has 0 saturated carbocycles. The molecule has 0 unspecified atom stereocenters. The Kier molecular flexibility index (Phi) is 3.60. The summed E-state index contributed by atoms with van der Waals surface area (Å²) in [5.74, 6) is 0.647. The fourth-order valence-corrected chi connectivity index (χ4v) is 1.70. The molecule has 16 heavy (non-hydrogen) atoms. The molecule has 1 heterocycles. The molecule has 5 heteroatoms. The number of halogens is 2. The maximum Gasteiger partial charge on any atom is 0.120 e. The molecule has 1 aliphatic heterocycles. The summed E-state index contributed by atoms with van der Waals surface area (Å²) in [6.45, 7) is 1.55. The van der Waals surface area contributed by atoms with Crippen LogP contribution in [-0.2, 0) is 4.74 Å². The Hall–Kier alpha value is -0.480. The smallest absolute Gasteiger partial charge is 0.120 e. The molecule has 1 aromatic carbocycles. The van der Waals surface area contributed by atoms with Crippen LogP contribution in [0.1, 0.15) is 0 Å². The Bertz CT molecular complexity index is 372. The van der Waals surface area contributed by atoms with Crippen LogP contribution in [0, 0.1) is 5.41 Å². The van der Waals surface area contributed by atoms with Gasteiger partial charge in [-0.3, -0.25) is 0 Å². The van der Waals surface area contributed by atoms with Gasteiger partial charge in [0.15, 0.2) is 0 Å². The van der Waals surface area contributed by atoms with Crippen molar-refractivity contribution in [2.75, 3.05) is 26.4 Å². The predicted molar refractivity (Wildman–Crippen MR) is 62.3 cm³/mol. The van der Waals surface area contributed by atoms with Gasteiger partial charge < -0.3 is 14.6 Å². The topological polar surface area (TPSA) is 38.7 Å². The van der Waals surface area contributed by atoms with Crippen molar-refractivity contribution in [2.45, 2.75) is 0 Å². The highest BCUT2D eigenvalue weighted by Gasteiger charge is 2.39. The van der Waals surface area contributed by atoms with E-state index in [0.717, 1.165) is 0 Å². The summed E-state index contributed by atoms with van der Waals surface area (Å²) in [7, 11) is 0. The van der Waals surface area contributed by atoms with Crippen LogP contribution >= 0.6 is 23.2 Å². The minimum absolute atomic E-state index is 0.0638. The third-order valence-electron chi connectivity index (χ3n) is 2.59. The van der Waals surface area contributed by atoms with Crippen molar-refractivity contribution in [1.29, 1.82) is 0 Å². The van der Waals surface area contributed by atoms with E-state index in [0.29, 0.717) is 35.6 Å². The largest absolute Gasteiger partial charge is 0.493 e. The van der Waals surface area contributed by atoms with Crippen LogP contribution in [-0.4, -0.2) is 31.5 Å². The van der Waals surface area contributed by atoms with Gasteiger partial charge >= 0.3 is 0 Å². The average molecular weight is 263 g/mol. The number of aliphatic hydroxyl groups is 1. The molecule has 0 radical (unpaired) electrons. The van der Waals surface area contributed by atoms with Crippen molar-refractivity contribution < 1.29 is 14.6 Å². The predicted octanol–water partition coefficient (Wildman–Crippen LogP) is 2.38. The summed E-state index contributed by atoms with van der Waals surface area (Å²) in [6.07, 6.45) is 0. The highest BCUT2D eigenvalue weighted by molar-refractivity contribution is 6.42. The normalized spacial score (nSPS) is 17.9. The molecule has 0 atom stereocenters. The number of benzene rings is 1. The molecule has 0 spiro atoms. The molecular formula is C11H12Cl2O3. The maximum absolute atomic E-state index is 9.21. The van der Waals surface area contributed by atoms with Crippen molar-refractivity contribution in [1.82, 2.24) is 0 Å². The third-order valence-corrected chi connectivity index (χ3v) is 3.33. The number of hydrogen-bond donors (Lipinski definition) is 1. The average Bonchev–Trinajstić information content (AvgIpc) is 2.22. The van der Waals surface area contributed by atoms with Crippen LogP contribution in [0.3, 0.4) is 0 Å². The van der Waals surface area contributed by atoms with Crippen molar-refractivity contribution in [2.24, 2.45) is 5.41 Å². The Morgan fingerprint density at radius 1 is 1.31 bits per heavy atom. The standard InChI is InChI=1S/C11H12Cl2O3/c12-9-2-1-8(3-10(9)13)16-7-11(4-14)5-15-6-11/h1-3,14H,4-7H2. The molecule has 0 bridgehead atoms. The highest BCUT2D eigenvalue weighted by atomic mass is 35.5. The zero-order chi connectivity index (χ0) is 11.6. The Labute approximate surface area is 104 Å². The van der Waals surface area contributed by atoms with Gasteiger partial charge in [-0.1, -0.05) is 23.2 Å². The lowest BCUT2D eigenvalue weighted by molar-refractivity contribution is -0.153. The molecule has 0 aromatic heterocycles. The van der Waals surface area contributed by atoms with Crippen molar-refractivity contribution >= 4 is 23.2 Å². The van der Waals surface area contributed by atoms with Crippen molar-refractivity contribution in [3.63, 3.8) is 0 Å². The van der Waals surface area contributed by atoms with E-state index in [1.54, 1.807) is 18.2 Å². The van der Waals surface area contributed by atoms with Gasteiger partial charge in [0.25, 0.3) is 0 Å². The molecule has 1 aliphatic rings. The Morgan fingerprint density at radius 2 is 2.06 bits per heavy atom. The summed E-state index contributed by atoms with van der Waals surface area (Å²) in [5.41, 5.74) is -0.258. The summed E-state index contributed by atoms with van der Waals surface area (Å²) >= 11 is 11.6. The first-order valence-corrected chi connectivity index (χ1v) is 5.67. The SMILES string of the molecule is OCC1(COc2ccc(Cl)c(Cl)c2)COC1. The van der Waals surface area contributed by atoms with Gasteiger partial charge in [-0.05, 0) is 12.1 Å². The maximum atomic E-state index is 9.21. The van der Waals surface area contributed by atoms with Gasteiger partial charge in [-0.2, -0.15) is 0 Å². The van der Waals surface area contributed by atoms with Crippen LogP contribution in [0.5, 0.6) is 5.75 Å². The van der Waals surface area contributed by atoms with Crippen LogP contribution in [0.15, 0.2) is 18.2 Å². The second-order valence-electron chi connectivity index (χ2n) is 4.02. The van der Waals surface area contributed by atoms with E-state index in [4.69, 9.17) is 32.7 Å². The summed E-state index contributed by atoms with van der Waals surface area (Å²) < 4.78 is 10.6. The fourth-order valence-electron chi connectivity index (χ4n) is 1.41. The van der Waals surface area contributed by atoms with E-state index in [1.807, 2.05) is 0 Å². The molecule has 1 aromatic rings. The summed E-state index contributed by atoms with van der Waals surface area (Å²) in [4.78, 5) is 0. The second-order valence-corrected chi connectivity index (χ2v) is 4.83. The summed E-state index contributed by atoms with van der Waals surface area (Å²) in [6, 6.07) is 5.09. The quantitative estimate of drug-likeness (QED) is 0.906. The van der Waals surface area contributed by atoms with E-state index < -0.39 is 0 Å². The minimum atomic E-state index is -0.258. The number of ether oxygens (including phenoxy) is 2. The zero-order valence-electron chi connectivity index (χ0n) is 8.58. The lowest BCUT2D eigenvalue weighted by Crippen LogP contribution is -2.49. The van der Waals surface area contributed by atoms with E-state index in [-0.39, 0.29) is 12.0 Å². The van der Waals surface area contributed by atoms with Gasteiger partial charge in [-0.25, -0.2) is 0 Å². The van der Waals surface area contributed by atoms with Crippen LogP contribution in [0.2, 0.25) is 10.0 Å². The second kappa shape index (κ2) is 4.80. The first-order valence-electron chi connectivity index (χ1n) is 4.92. The van der Waals surface area contributed by atoms with E-state index >= 15 is 0 Å². The van der Waals surface area contributed by atoms with Gasteiger partial charge in [0.2, 0.25) is 0 Å². The molecule has 0 amide bonds. The van der Waals surface area contributed by atoms with Crippen molar-refractivity contribution in [3.05, 3.63) is 28.2 Å². The minimum Gasteiger partial charge on any atom is -0.493 e. The fraction of sp³-hybridized carbons (Fsp3) is 0.455. The Balaban J connectivity index is 1.96. The third kappa shape index (κ3) is 2.43. The van der Waals surface area contributed by atoms with E-state index in [2.05, 4.69) is 0 Å². The lowest BCUT2D eigenvalue weighted by atomic mass is 9.88. The first-order chi connectivity index (χ1) is 7.65. The number of aliphatic hydroxyl groups excluding tert-OH is 1. The lowest BCUT2D eigenvalue weighted by Gasteiger charge is -2.39. The van der Waals surface area contributed by atoms with Gasteiger partial charge in [0.05, 0.1) is 35.3 Å². The van der Waals surface area contributed by atoms with Crippen molar-refractivity contribution in [3.8, 4) is 5.75 Å². The zero-order valence-corrected chi connectivity index (χ0v) is 10.1. The van der Waals surface area contributed by atoms with E-state index in [1.165, 1.54) is 0 Å². The molecule has 1 saturated heterocycles. The Morgan fingerprint density at radius 3 is 2.56 bits per heavy atom. The van der Waals surface area contributed by atoms with Crippen LogP contribution < -0.4 is 4.74 Å². The highest BCUT2D eigenvalue weighted by Crippen LogP contribution is 2.30. The first kappa shape index (κ1) is 12.0.